The molecule has 1 aromatic carbocycles. The molecule has 0 aromatic heterocycles. The monoisotopic (exact) mass is 354 g/mol. The van der Waals surface area contributed by atoms with Crippen molar-refractivity contribution >= 4 is 15.9 Å². The molecular weight excluding hydrogens is 328 g/mol. The summed E-state index contributed by atoms with van der Waals surface area (Å²) in [6.45, 7) is 10.1. The van der Waals surface area contributed by atoms with Gasteiger partial charge in [-0.15, -0.1) is 0 Å². The molecule has 1 aliphatic rings. The second kappa shape index (κ2) is 5.65. The Morgan fingerprint density at radius 2 is 1.95 bits per heavy atom. The van der Waals surface area contributed by atoms with Crippen LogP contribution in [0.1, 0.15) is 39.7 Å². The van der Waals surface area contributed by atoms with E-state index in [9.17, 15) is 0 Å². The predicted octanol–water partition coefficient (Wildman–Crippen LogP) is 3.56. The van der Waals surface area contributed by atoms with Crippen molar-refractivity contribution in [2.75, 3.05) is 13.6 Å². The fourth-order valence-electron chi connectivity index (χ4n) is 3.87. The molecule has 0 radical (unpaired) electrons. The van der Waals surface area contributed by atoms with Crippen molar-refractivity contribution in [1.29, 1.82) is 0 Å². The lowest BCUT2D eigenvalue weighted by Gasteiger charge is -2.46. The summed E-state index contributed by atoms with van der Waals surface area (Å²) in [7, 11) is 2.15. The molecule has 1 unspecified atom stereocenters. The van der Waals surface area contributed by atoms with E-state index >= 15 is 0 Å². The van der Waals surface area contributed by atoms with Gasteiger partial charge in [-0.25, -0.2) is 0 Å². The summed E-state index contributed by atoms with van der Waals surface area (Å²) in [4.78, 5) is 2.36. The molecular formula is C17H27BrN2O. The van der Waals surface area contributed by atoms with E-state index in [2.05, 4.69) is 73.8 Å². The smallest absolute Gasteiger partial charge is 0.0830 e. The molecule has 0 aliphatic carbocycles. The highest BCUT2D eigenvalue weighted by Crippen LogP contribution is 2.47. The molecule has 1 aromatic rings. The van der Waals surface area contributed by atoms with E-state index in [0.717, 1.165) is 17.4 Å². The third-order valence-corrected chi connectivity index (χ3v) is 5.24. The molecule has 1 heterocycles. The van der Waals surface area contributed by atoms with Crippen molar-refractivity contribution in [1.82, 2.24) is 4.90 Å². The maximum Gasteiger partial charge on any atom is 0.0830 e. The van der Waals surface area contributed by atoms with Gasteiger partial charge in [0.2, 0.25) is 0 Å². The van der Waals surface area contributed by atoms with E-state index < -0.39 is 0 Å². The number of hydrogen-bond acceptors (Lipinski definition) is 3. The number of nitrogens with two attached hydrogens (primary N) is 1. The van der Waals surface area contributed by atoms with Crippen LogP contribution in [0.2, 0.25) is 0 Å². The van der Waals surface area contributed by atoms with Crippen LogP contribution in [0.15, 0.2) is 28.7 Å². The summed E-state index contributed by atoms with van der Waals surface area (Å²) < 4.78 is 7.40. The van der Waals surface area contributed by atoms with Gasteiger partial charge in [0, 0.05) is 17.6 Å². The van der Waals surface area contributed by atoms with Crippen LogP contribution in [0.4, 0.5) is 0 Å². The SMILES string of the molecule is CN(Cc1cccc(Br)c1)C1(CN)CC(C)(C)OC1(C)C. The Bertz CT molecular complexity index is 515. The Labute approximate surface area is 137 Å². The molecule has 118 valence electrons. The summed E-state index contributed by atoms with van der Waals surface area (Å²) in [5.41, 5.74) is 6.93. The van der Waals surface area contributed by atoms with E-state index in [-0.39, 0.29) is 16.7 Å². The highest BCUT2D eigenvalue weighted by Gasteiger charge is 2.58. The van der Waals surface area contributed by atoms with Crippen LogP contribution in [0, 0.1) is 0 Å². The Balaban J connectivity index is 2.28. The fourth-order valence-corrected chi connectivity index (χ4v) is 4.31. The number of halogens is 1. The van der Waals surface area contributed by atoms with E-state index in [1.165, 1.54) is 5.56 Å². The van der Waals surface area contributed by atoms with Gasteiger partial charge in [-0.2, -0.15) is 0 Å². The molecule has 1 atom stereocenters. The number of ether oxygens (including phenoxy) is 1. The van der Waals surface area contributed by atoms with Crippen LogP contribution in [0.25, 0.3) is 0 Å². The maximum absolute atomic E-state index is 6.29. The number of nitrogens with zero attached hydrogens (tertiary/aromatic N) is 1. The third kappa shape index (κ3) is 3.19. The first kappa shape index (κ1) is 16.9. The van der Waals surface area contributed by atoms with Crippen molar-refractivity contribution in [2.45, 2.75) is 57.4 Å². The summed E-state index contributed by atoms with van der Waals surface area (Å²) >= 11 is 3.54. The van der Waals surface area contributed by atoms with Crippen LogP contribution in [-0.4, -0.2) is 35.2 Å². The molecule has 1 saturated heterocycles. The number of hydrogen-bond donors (Lipinski definition) is 1. The largest absolute Gasteiger partial charge is 0.368 e. The third-order valence-electron chi connectivity index (χ3n) is 4.75. The predicted molar refractivity (Wildman–Crippen MR) is 91.3 cm³/mol. The van der Waals surface area contributed by atoms with Crippen molar-refractivity contribution in [3.05, 3.63) is 34.3 Å². The molecule has 1 aliphatic heterocycles. The van der Waals surface area contributed by atoms with Gasteiger partial charge in [0.05, 0.1) is 16.7 Å². The molecule has 2 N–H and O–H groups in total. The van der Waals surface area contributed by atoms with Crippen molar-refractivity contribution in [2.24, 2.45) is 5.73 Å². The molecule has 1 fully saturated rings. The number of likely N-dealkylation sites (N-methyl/N-ethyl adjacent to an activating group) is 1. The van der Waals surface area contributed by atoms with E-state index in [4.69, 9.17) is 10.5 Å². The summed E-state index contributed by atoms with van der Waals surface area (Å²) in [6.07, 6.45) is 0.938. The lowest BCUT2D eigenvalue weighted by molar-refractivity contribution is -0.101. The van der Waals surface area contributed by atoms with Gasteiger partial charge >= 0.3 is 0 Å². The normalized spacial score (nSPS) is 27.2. The van der Waals surface area contributed by atoms with Crippen molar-refractivity contribution in [3.8, 4) is 0 Å². The highest BCUT2D eigenvalue weighted by molar-refractivity contribution is 9.10. The molecule has 0 saturated carbocycles. The highest BCUT2D eigenvalue weighted by atomic mass is 79.9. The molecule has 21 heavy (non-hydrogen) atoms. The zero-order chi connectivity index (χ0) is 15.9. The lowest BCUT2D eigenvalue weighted by Crippen LogP contribution is -2.61. The van der Waals surface area contributed by atoms with Gasteiger partial charge in [-0.05, 0) is 58.9 Å². The topological polar surface area (TPSA) is 38.5 Å². The Morgan fingerprint density at radius 1 is 1.29 bits per heavy atom. The van der Waals surface area contributed by atoms with Crippen molar-refractivity contribution in [3.63, 3.8) is 0 Å². The number of rotatable bonds is 4. The van der Waals surface area contributed by atoms with Gasteiger partial charge in [-0.1, -0.05) is 28.1 Å². The van der Waals surface area contributed by atoms with Crippen LogP contribution < -0.4 is 5.73 Å². The van der Waals surface area contributed by atoms with Gasteiger partial charge in [-0.3, -0.25) is 4.90 Å². The van der Waals surface area contributed by atoms with Crippen LogP contribution in [-0.2, 0) is 11.3 Å². The van der Waals surface area contributed by atoms with E-state index in [0.29, 0.717) is 6.54 Å². The molecule has 0 spiro atoms. The van der Waals surface area contributed by atoms with E-state index in [1.54, 1.807) is 0 Å². The quantitative estimate of drug-likeness (QED) is 0.898. The van der Waals surface area contributed by atoms with Gasteiger partial charge in [0.15, 0.2) is 0 Å². The molecule has 2 rings (SSSR count). The summed E-state index contributed by atoms with van der Waals surface area (Å²) in [6, 6.07) is 8.44. The molecule has 0 amide bonds. The zero-order valence-electron chi connectivity index (χ0n) is 13.7. The average Bonchev–Trinajstić information content (AvgIpc) is 2.54. The Morgan fingerprint density at radius 3 is 2.43 bits per heavy atom. The second-order valence-electron chi connectivity index (χ2n) is 7.27. The minimum absolute atomic E-state index is 0.144. The second-order valence-corrected chi connectivity index (χ2v) is 8.19. The first-order chi connectivity index (χ1) is 9.62. The lowest BCUT2D eigenvalue weighted by atomic mass is 9.77. The number of benzene rings is 1. The fraction of sp³-hybridized carbons (Fsp3) is 0.647. The average molecular weight is 355 g/mol. The minimum Gasteiger partial charge on any atom is -0.368 e. The maximum atomic E-state index is 6.29. The van der Waals surface area contributed by atoms with Crippen LogP contribution in [0.3, 0.4) is 0 Å². The van der Waals surface area contributed by atoms with Gasteiger partial charge in [0.25, 0.3) is 0 Å². The standard InChI is InChI=1S/C17H27BrN2O/c1-15(2)11-17(12-19,16(3,4)21-15)20(5)10-13-7-6-8-14(18)9-13/h6-9H,10-12,19H2,1-5H3. The van der Waals surface area contributed by atoms with Crippen LogP contribution >= 0.6 is 15.9 Å². The zero-order valence-corrected chi connectivity index (χ0v) is 15.3. The molecule has 4 heteroatoms. The first-order valence-electron chi connectivity index (χ1n) is 7.48. The Hall–Kier alpha value is -0.420. The minimum atomic E-state index is -0.272. The van der Waals surface area contributed by atoms with Gasteiger partial charge in [0.1, 0.15) is 0 Å². The Kier molecular flexibility index (Phi) is 4.56. The van der Waals surface area contributed by atoms with Crippen LogP contribution in [0.5, 0.6) is 0 Å². The van der Waals surface area contributed by atoms with Gasteiger partial charge < -0.3 is 10.5 Å². The molecule has 0 bridgehead atoms. The van der Waals surface area contributed by atoms with E-state index in [1.807, 2.05) is 6.07 Å². The van der Waals surface area contributed by atoms with Crippen molar-refractivity contribution < 1.29 is 4.74 Å². The summed E-state index contributed by atoms with van der Waals surface area (Å²) in [5, 5.41) is 0. The summed E-state index contributed by atoms with van der Waals surface area (Å²) in [5.74, 6) is 0. The molecule has 3 nitrogen and oxygen atoms in total. The first-order valence-corrected chi connectivity index (χ1v) is 8.27.